The molecule has 0 aliphatic heterocycles. The van der Waals surface area contributed by atoms with E-state index in [2.05, 4.69) is 24.2 Å². The predicted molar refractivity (Wildman–Crippen MR) is 125 cm³/mol. The lowest BCUT2D eigenvalue weighted by molar-refractivity contribution is -0.130. The minimum atomic E-state index is -0.281. The highest BCUT2D eigenvalue weighted by atomic mass is 16.2. The maximum absolute atomic E-state index is 11.9. The quantitative estimate of drug-likeness (QED) is 0.329. The van der Waals surface area contributed by atoms with Crippen molar-refractivity contribution >= 4 is 12.2 Å². The molecule has 0 aromatic heterocycles. The Morgan fingerprint density at radius 3 is 2.48 bits per heavy atom. The van der Waals surface area contributed by atoms with Gasteiger partial charge < -0.3 is 16.0 Å². The Morgan fingerprint density at radius 2 is 1.90 bits per heavy atom. The van der Waals surface area contributed by atoms with E-state index in [0.29, 0.717) is 0 Å². The summed E-state index contributed by atoms with van der Waals surface area (Å²) in [6.45, 7) is 5.87. The van der Waals surface area contributed by atoms with Crippen LogP contribution in [0.15, 0.2) is 4.99 Å². The van der Waals surface area contributed by atoms with Crippen LogP contribution in [0.5, 0.6) is 0 Å². The van der Waals surface area contributed by atoms with Gasteiger partial charge in [-0.3, -0.25) is 9.79 Å². The topological polar surface area (TPSA) is 70.7 Å². The van der Waals surface area contributed by atoms with Crippen molar-refractivity contribution in [3.63, 3.8) is 0 Å². The summed E-state index contributed by atoms with van der Waals surface area (Å²) in [6, 6.07) is 0.553. The van der Waals surface area contributed by atoms with Crippen LogP contribution >= 0.6 is 0 Å². The third-order valence-corrected chi connectivity index (χ3v) is 6.46. The molecule has 0 heterocycles. The lowest BCUT2D eigenvalue weighted by atomic mass is 9.85. The maximum Gasteiger partial charge on any atom is 0.246 e. The van der Waals surface area contributed by atoms with Crippen molar-refractivity contribution < 1.29 is 4.79 Å². The Hall–Kier alpha value is -1.10. The molecule has 0 radical (unpaired) electrons. The smallest absolute Gasteiger partial charge is 0.246 e. The molecule has 0 saturated heterocycles. The second-order valence-corrected chi connectivity index (χ2v) is 9.40. The average Bonchev–Trinajstić information content (AvgIpc) is 2.72. The van der Waals surface area contributed by atoms with Gasteiger partial charge in [-0.2, -0.15) is 0 Å². The molecule has 3 N–H and O–H groups in total. The summed E-state index contributed by atoms with van der Waals surface area (Å²) in [7, 11) is 3.53. The van der Waals surface area contributed by atoms with Crippen LogP contribution in [0.1, 0.15) is 97.3 Å². The van der Waals surface area contributed by atoms with Crippen LogP contribution in [0.4, 0.5) is 0 Å². The Kier molecular flexibility index (Phi) is 14.0. The lowest BCUT2D eigenvalue weighted by Crippen LogP contribution is -2.34. The molecular formula is C24H48N4O. The predicted octanol–water partition coefficient (Wildman–Crippen LogP) is 4.75. The van der Waals surface area contributed by atoms with Crippen molar-refractivity contribution in [1.82, 2.24) is 10.2 Å². The molecule has 0 aromatic rings. The molecule has 29 heavy (non-hydrogen) atoms. The van der Waals surface area contributed by atoms with Gasteiger partial charge in [-0.1, -0.05) is 65.2 Å². The van der Waals surface area contributed by atoms with Crippen molar-refractivity contribution in [2.45, 2.75) is 109 Å². The molecule has 2 fully saturated rings. The minimum Gasteiger partial charge on any atom is -0.390 e. The first-order valence-electron chi connectivity index (χ1n) is 12.2. The van der Waals surface area contributed by atoms with Crippen molar-refractivity contribution in [1.29, 1.82) is 0 Å². The van der Waals surface area contributed by atoms with E-state index in [1.54, 1.807) is 19.0 Å². The molecule has 170 valence electrons. The normalized spacial score (nSPS) is 24.0. The van der Waals surface area contributed by atoms with Crippen LogP contribution < -0.4 is 11.1 Å². The van der Waals surface area contributed by atoms with Gasteiger partial charge in [-0.15, -0.1) is 0 Å². The SMILES string of the molecule is CCCCNC1CCCC(C)C1.CN(C)C(=O)C(CCC1CCCCC1)N=CN. The monoisotopic (exact) mass is 408 g/mol. The fourth-order valence-corrected chi connectivity index (χ4v) is 4.64. The first-order chi connectivity index (χ1) is 14.0. The number of amides is 1. The largest absolute Gasteiger partial charge is 0.390 e. The molecule has 2 aliphatic rings. The van der Waals surface area contributed by atoms with Gasteiger partial charge in [0.1, 0.15) is 6.04 Å². The van der Waals surface area contributed by atoms with E-state index in [1.807, 2.05) is 0 Å². The van der Waals surface area contributed by atoms with E-state index in [9.17, 15) is 4.79 Å². The standard InChI is InChI=1S/C13H25N3O.C11H23N/c1-16(2)13(17)12(15-10-14)9-8-11-6-4-3-5-7-11;1-3-4-8-12-11-7-5-6-10(2)9-11/h10-12H,3-9H2,1-2H3,(H2,14,15);10-12H,3-9H2,1-2H3. The van der Waals surface area contributed by atoms with Crippen LogP contribution in [-0.2, 0) is 4.79 Å². The number of nitrogens with one attached hydrogen (secondary N) is 1. The van der Waals surface area contributed by atoms with Crippen molar-refractivity contribution in [3.05, 3.63) is 0 Å². The van der Waals surface area contributed by atoms with Crippen LogP contribution in [0.25, 0.3) is 0 Å². The lowest BCUT2D eigenvalue weighted by Gasteiger charge is -2.27. The van der Waals surface area contributed by atoms with Crippen LogP contribution in [0.2, 0.25) is 0 Å². The number of hydrogen-bond acceptors (Lipinski definition) is 3. The molecule has 2 rings (SSSR count). The number of nitrogens with two attached hydrogens (primary N) is 1. The van der Waals surface area contributed by atoms with E-state index in [0.717, 1.165) is 30.7 Å². The summed E-state index contributed by atoms with van der Waals surface area (Å²) < 4.78 is 0. The Balaban J connectivity index is 0.000000308. The summed E-state index contributed by atoms with van der Waals surface area (Å²) in [5.41, 5.74) is 5.31. The highest BCUT2D eigenvalue weighted by molar-refractivity contribution is 5.82. The molecule has 0 spiro atoms. The summed E-state index contributed by atoms with van der Waals surface area (Å²) in [4.78, 5) is 17.5. The van der Waals surface area contributed by atoms with Crippen LogP contribution in [0, 0.1) is 11.8 Å². The fourth-order valence-electron chi connectivity index (χ4n) is 4.64. The molecule has 2 aliphatic carbocycles. The highest BCUT2D eigenvalue weighted by Crippen LogP contribution is 2.28. The van der Waals surface area contributed by atoms with Gasteiger partial charge in [0, 0.05) is 20.1 Å². The first-order valence-corrected chi connectivity index (χ1v) is 12.2. The van der Waals surface area contributed by atoms with E-state index in [4.69, 9.17) is 5.73 Å². The third kappa shape index (κ3) is 11.6. The Morgan fingerprint density at radius 1 is 1.17 bits per heavy atom. The number of aliphatic imine (C=N–C) groups is 1. The maximum atomic E-state index is 11.9. The van der Waals surface area contributed by atoms with Crippen molar-refractivity contribution in [2.24, 2.45) is 22.6 Å². The van der Waals surface area contributed by atoms with Crippen molar-refractivity contribution in [2.75, 3.05) is 20.6 Å². The van der Waals surface area contributed by atoms with Crippen molar-refractivity contribution in [3.8, 4) is 0 Å². The summed E-state index contributed by atoms with van der Waals surface area (Å²) in [6.07, 6.45) is 18.2. The molecule has 1 amide bonds. The summed E-state index contributed by atoms with van der Waals surface area (Å²) in [5.74, 6) is 1.80. The Labute approximate surface area is 180 Å². The second-order valence-electron chi connectivity index (χ2n) is 9.40. The van der Waals surface area contributed by atoms with Gasteiger partial charge in [0.2, 0.25) is 5.91 Å². The number of unbranched alkanes of at least 4 members (excludes halogenated alkanes) is 1. The van der Waals surface area contributed by atoms with E-state index >= 15 is 0 Å². The number of carbonyl (C=O) groups is 1. The van der Waals surface area contributed by atoms with E-state index in [1.165, 1.54) is 83.5 Å². The average molecular weight is 409 g/mol. The van der Waals surface area contributed by atoms with Gasteiger partial charge >= 0.3 is 0 Å². The summed E-state index contributed by atoms with van der Waals surface area (Å²) in [5, 5.41) is 3.65. The van der Waals surface area contributed by atoms with Gasteiger partial charge in [0.05, 0.1) is 6.34 Å². The van der Waals surface area contributed by atoms with Gasteiger partial charge in [-0.25, -0.2) is 0 Å². The molecule has 3 atom stereocenters. The third-order valence-electron chi connectivity index (χ3n) is 6.46. The van der Waals surface area contributed by atoms with Crippen LogP contribution in [0.3, 0.4) is 0 Å². The zero-order valence-corrected chi connectivity index (χ0v) is 19.7. The number of carbonyl (C=O) groups excluding carboxylic acids is 1. The molecule has 3 unspecified atom stereocenters. The van der Waals surface area contributed by atoms with Crippen LogP contribution in [-0.4, -0.2) is 49.9 Å². The second kappa shape index (κ2) is 15.7. The number of rotatable bonds is 9. The highest BCUT2D eigenvalue weighted by Gasteiger charge is 2.21. The Bertz CT molecular complexity index is 446. The molecular weight excluding hydrogens is 360 g/mol. The molecule has 5 nitrogen and oxygen atoms in total. The number of likely N-dealkylation sites (N-methyl/N-ethyl adjacent to an activating group) is 1. The number of nitrogens with zero attached hydrogens (tertiary/aromatic N) is 2. The fraction of sp³-hybridized carbons (Fsp3) is 0.917. The molecule has 2 saturated carbocycles. The number of hydrogen-bond donors (Lipinski definition) is 2. The zero-order chi connectivity index (χ0) is 21.5. The zero-order valence-electron chi connectivity index (χ0n) is 19.7. The van der Waals surface area contributed by atoms with E-state index < -0.39 is 0 Å². The van der Waals surface area contributed by atoms with E-state index in [-0.39, 0.29) is 11.9 Å². The molecule has 0 bridgehead atoms. The molecule has 0 aromatic carbocycles. The minimum absolute atomic E-state index is 0.0579. The van der Waals surface area contributed by atoms with Gasteiger partial charge in [0.25, 0.3) is 0 Å². The molecule has 5 heteroatoms. The summed E-state index contributed by atoms with van der Waals surface area (Å²) >= 11 is 0. The van der Waals surface area contributed by atoms with Gasteiger partial charge in [0.15, 0.2) is 0 Å². The van der Waals surface area contributed by atoms with Gasteiger partial charge in [-0.05, 0) is 50.5 Å². The first kappa shape index (κ1) is 25.9.